The number of carbonyl (C=O) groups is 1. The van der Waals surface area contributed by atoms with Gasteiger partial charge in [-0.3, -0.25) is 4.79 Å². The first-order valence-corrected chi connectivity index (χ1v) is 8.70. The number of phenolic OH excluding ortho intramolecular Hbond substituents is 2. The summed E-state index contributed by atoms with van der Waals surface area (Å²) >= 11 is 1.39. The Morgan fingerprint density at radius 2 is 1.50 bits per heavy atom. The molecule has 0 aliphatic rings. The molecule has 0 aliphatic carbocycles. The molecule has 1 aromatic heterocycles. The number of carbonyl (C=O) groups excluding carboxylic acids is 1. The summed E-state index contributed by atoms with van der Waals surface area (Å²) in [5.41, 5.74) is 1.68. The van der Waals surface area contributed by atoms with Crippen molar-refractivity contribution in [1.82, 2.24) is 0 Å². The molecule has 0 radical (unpaired) electrons. The van der Waals surface area contributed by atoms with Gasteiger partial charge in [0.05, 0.1) is 0 Å². The van der Waals surface area contributed by atoms with Crippen LogP contribution in [0.4, 0.5) is 4.39 Å². The zero-order chi connectivity index (χ0) is 18.3. The molecule has 2 N–H and O–H groups in total. The Hall–Kier alpha value is -3.18. The number of hydrogen-bond donors (Lipinski definition) is 2. The average Bonchev–Trinajstić information content (AvgIpc) is 3.00. The maximum atomic E-state index is 13.2. The smallest absolute Gasteiger partial charge is 0.195 e. The van der Waals surface area contributed by atoms with E-state index in [2.05, 4.69) is 0 Å². The van der Waals surface area contributed by atoms with Gasteiger partial charge in [-0.15, -0.1) is 11.3 Å². The molecule has 3 nitrogen and oxygen atoms in total. The quantitative estimate of drug-likeness (QED) is 0.482. The third-order valence-electron chi connectivity index (χ3n) is 4.14. The Labute approximate surface area is 152 Å². The standard InChI is InChI=1S/C21H13FO3S/c22-14-5-1-12(2-6-14)20(25)19-17-10-9-16(24)11-18(17)26-21(19)13-3-7-15(23)8-4-13/h1-11,23-24H. The summed E-state index contributed by atoms with van der Waals surface area (Å²) in [7, 11) is 0. The third-order valence-corrected chi connectivity index (χ3v) is 5.34. The van der Waals surface area contributed by atoms with Crippen LogP contribution in [0.3, 0.4) is 0 Å². The van der Waals surface area contributed by atoms with Gasteiger partial charge in [0.25, 0.3) is 0 Å². The van der Waals surface area contributed by atoms with E-state index in [1.54, 1.807) is 36.4 Å². The maximum absolute atomic E-state index is 13.2. The van der Waals surface area contributed by atoms with E-state index in [1.165, 1.54) is 41.7 Å². The molecule has 128 valence electrons. The van der Waals surface area contributed by atoms with Gasteiger partial charge in [0.1, 0.15) is 17.3 Å². The summed E-state index contributed by atoms with van der Waals surface area (Å²) < 4.78 is 14.0. The van der Waals surface area contributed by atoms with Crippen molar-refractivity contribution < 1.29 is 19.4 Å². The molecular formula is C21H13FO3S. The lowest BCUT2D eigenvalue weighted by Gasteiger charge is -2.05. The number of benzene rings is 3. The molecule has 0 bridgehead atoms. The summed E-state index contributed by atoms with van der Waals surface area (Å²) in [4.78, 5) is 13.9. The van der Waals surface area contributed by atoms with E-state index in [0.717, 1.165) is 20.5 Å². The molecule has 0 fully saturated rings. The number of halogens is 1. The van der Waals surface area contributed by atoms with Crippen LogP contribution < -0.4 is 0 Å². The summed E-state index contributed by atoms with van der Waals surface area (Å²) in [6.45, 7) is 0. The van der Waals surface area contributed by atoms with Crippen LogP contribution in [0, 0.1) is 5.82 Å². The Morgan fingerprint density at radius 3 is 2.19 bits per heavy atom. The Balaban J connectivity index is 1.96. The molecular weight excluding hydrogens is 351 g/mol. The molecule has 0 saturated carbocycles. The van der Waals surface area contributed by atoms with Crippen molar-refractivity contribution in [3.8, 4) is 21.9 Å². The van der Waals surface area contributed by atoms with Crippen LogP contribution >= 0.6 is 11.3 Å². The van der Waals surface area contributed by atoms with Crippen molar-refractivity contribution >= 4 is 27.2 Å². The molecule has 0 aliphatic heterocycles. The van der Waals surface area contributed by atoms with Crippen molar-refractivity contribution in [2.75, 3.05) is 0 Å². The Morgan fingerprint density at radius 1 is 0.846 bits per heavy atom. The number of phenols is 2. The second-order valence-corrected chi connectivity index (χ2v) is 6.92. The second-order valence-electron chi connectivity index (χ2n) is 5.87. The van der Waals surface area contributed by atoms with Crippen LogP contribution in [0.5, 0.6) is 11.5 Å². The van der Waals surface area contributed by atoms with Crippen LogP contribution in [0.15, 0.2) is 66.7 Å². The van der Waals surface area contributed by atoms with Crippen LogP contribution in [-0.4, -0.2) is 16.0 Å². The van der Waals surface area contributed by atoms with E-state index >= 15 is 0 Å². The topological polar surface area (TPSA) is 57.5 Å². The minimum absolute atomic E-state index is 0.122. The van der Waals surface area contributed by atoms with Crippen molar-refractivity contribution in [3.05, 3.63) is 83.7 Å². The van der Waals surface area contributed by atoms with Crippen molar-refractivity contribution in [2.45, 2.75) is 0 Å². The van der Waals surface area contributed by atoms with Crippen molar-refractivity contribution in [3.63, 3.8) is 0 Å². The van der Waals surface area contributed by atoms with E-state index in [4.69, 9.17) is 0 Å². The third kappa shape index (κ3) is 2.82. The summed E-state index contributed by atoms with van der Waals surface area (Å²) in [5, 5.41) is 20.0. The maximum Gasteiger partial charge on any atom is 0.195 e. The number of fused-ring (bicyclic) bond motifs is 1. The van der Waals surface area contributed by atoms with Gasteiger partial charge < -0.3 is 10.2 Å². The molecule has 1 heterocycles. The highest BCUT2D eigenvalue weighted by molar-refractivity contribution is 7.22. The zero-order valence-electron chi connectivity index (χ0n) is 13.4. The predicted octanol–water partition coefficient (Wildman–Crippen LogP) is 5.35. The molecule has 4 rings (SSSR count). The normalized spacial score (nSPS) is 11.0. The summed E-state index contributed by atoms with van der Waals surface area (Å²) in [6.07, 6.45) is 0. The fraction of sp³-hybridized carbons (Fsp3) is 0. The second kappa shape index (κ2) is 6.28. The Bertz CT molecular complexity index is 1110. The number of aromatic hydroxyl groups is 2. The van der Waals surface area contributed by atoms with E-state index in [1.807, 2.05) is 0 Å². The highest BCUT2D eigenvalue weighted by Gasteiger charge is 2.21. The lowest BCUT2D eigenvalue weighted by atomic mass is 9.97. The van der Waals surface area contributed by atoms with Crippen molar-refractivity contribution in [1.29, 1.82) is 0 Å². The van der Waals surface area contributed by atoms with Gasteiger partial charge in [-0.05, 0) is 72.3 Å². The predicted molar refractivity (Wildman–Crippen MR) is 100 cm³/mol. The molecule has 4 aromatic rings. The minimum atomic E-state index is -0.402. The first-order valence-electron chi connectivity index (χ1n) is 7.88. The SMILES string of the molecule is O=C(c1ccc(F)cc1)c1c(-c2ccc(O)cc2)sc2cc(O)ccc12. The fourth-order valence-electron chi connectivity index (χ4n) is 2.87. The Kier molecular flexibility index (Phi) is 3.93. The van der Waals surface area contributed by atoms with Gasteiger partial charge in [0, 0.05) is 26.1 Å². The molecule has 0 unspecified atom stereocenters. The van der Waals surface area contributed by atoms with Crippen LogP contribution in [-0.2, 0) is 0 Å². The molecule has 0 amide bonds. The molecule has 26 heavy (non-hydrogen) atoms. The van der Waals surface area contributed by atoms with Gasteiger partial charge in [-0.2, -0.15) is 0 Å². The number of ketones is 1. The fourth-order valence-corrected chi connectivity index (χ4v) is 4.11. The van der Waals surface area contributed by atoms with Crippen LogP contribution in [0.1, 0.15) is 15.9 Å². The van der Waals surface area contributed by atoms with Crippen LogP contribution in [0.2, 0.25) is 0 Å². The lowest BCUT2D eigenvalue weighted by molar-refractivity contribution is 0.104. The molecule has 0 atom stereocenters. The van der Waals surface area contributed by atoms with E-state index in [-0.39, 0.29) is 17.3 Å². The van der Waals surface area contributed by atoms with Gasteiger partial charge in [0.2, 0.25) is 0 Å². The summed E-state index contributed by atoms with van der Waals surface area (Å²) in [6, 6.07) is 16.9. The van der Waals surface area contributed by atoms with Gasteiger partial charge in [-0.25, -0.2) is 4.39 Å². The number of thiophene rings is 1. The first-order chi connectivity index (χ1) is 12.5. The largest absolute Gasteiger partial charge is 0.508 e. The molecule has 5 heteroatoms. The van der Waals surface area contributed by atoms with Crippen molar-refractivity contribution in [2.24, 2.45) is 0 Å². The zero-order valence-corrected chi connectivity index (χ0v) is 14.3. The first kappa shape index (κ1) is 16.3. The van der Waals surface area contributed by atoms with Gasteiger partial charge in [-0.1, -0.05) is 0 Å². The van der Waals surface area contributed by atoms with Gasteiger partial charge in [0.15, 0.2) is 5.78 Å². The highest BCUT2D eigenvalue weighted by atomic mass is 32.1. The van der Waals surface area contributed by atoms with Gasteiger partial charge >= 0.3 is 0 Å². The van der Waals surface area contributed by atoms with E-state index in [9.17, 15) is 19.4 Å². The summed E-state index contributed by atoms with van der Waals surface area (Å²) in [5.74, 6) is -0.360. The molecule has 0 saturated heterocycles. The minimum Gasteiger partial charge on any atom is -0.508 e. The molecule has 0 spiro atoms. The van der Waals surface area contributed by atoms with E-state index < -0.39 is 5.82 Å². The monoisotopic (exact) mass is 364 g/mol. The highest BCUT2D eigenvalue weighted by Crippen LogP contribution is 2.41. The number of rotatable bonds is 3. The lowest BCUT2D eigenvalue weighted by Crippen LogP contribution is -2.02. The van der Waals surface area contributed by atoms with Crippen LogP contribution in [0.25, 0.3) is 20.5 Å². The van der Waals surface area contributed by atoms with E-state index in [0.29, 0.717) is 11.1 Å². The average molecular weight is 364 g/mol. The number of hydrogen-bond acceptors (Lipinski definition) is 4. The molecule has 3 aromatic carbocycles.